The summed E-state index contributed by atoms with van der Waals surface area (Å²) in [6.07, 6.45) is 3.08. The third-order valence-electron chi connectivity index (χ3n) is 3.12. The number of hydrogen-bond acceptors (Lipinski definition) is 2. The Bertz CT molecular complexity index is 446. The maximum absolute atomic E-state index is 11.7. The van der Waals surface area contributed by atoms with Gasteiger partial charge in [0, 0.05) is 19.5 Å². The summed E-state index contributed by atoms with van der Waals surface area (Å²) in [6.45, 7) is 3.18. The molecule has 5 nitrogen and oxygen atoms in total. The molecule has 0 spiro atoms. The highest BCUT2D eigenvalue weighted by atomic mass is 16.2. The van der Waals surface area contributed by atoms with Gasteiger partial charge in [0.15, 0.2) is 0 Å². The van der Waals surface area contributed by atoms with Crippen molar-refractivity contribution in [1.29, 1.82) is 0 Å². The lowest BCUT2D eigenvalue weighted by atomic mass is 10.1. The lowest BCUT2D eigenvalue weighted by Gasteiger charge is -2.08. The van der Waals surface area contributed by atoms with Crippen LogP contribution in [-0.2, 0) is 11.3 Å². The van der Waals surface area contributed by atoms with Gasteiger partial charge in [-0.3, -0.25) is 4.79 Å². The van der Waals surface area contributed by atoms with Gasteiger partial charge in [0.05, 0.1) is 0 Å². The summed E-state index contributed by atoms with van der Waals surface area (Å²) in [7, 11) is 0. The van der Waals surface area contributed by atoms with Crippen LogP contribution >= 0.6 is 0 Å². The van der Waals surface area contributed by atoms with Crippen molar-refractivity contribution in [2.75, 3.05) is 6.54 Å². The van der Waals surface area contributed by atoms with Crippen LogP contribution in [0.15, 0.2) is 24.3 Å². The number of nitrogens with one attached hydrogen (secondary N) is 2. The van der Waals surface area contributed by atoms with Crippen molar-refractivity contribution in [2.45, 2.75) is 39.2 Å². The molecule has 0 fully saturated rings. The fraction of sp³-hybridized carbons (Fsp3) is 0.467. The molecule has 0 radical (unpaired) electrons. The number of hydrogen-bond donors (Lipinski definition) is 3. The number of urea groups is 1. The van der Waals surface area contributed by atoms with Crippen LogP contribution in [0.4, 0.5) is 4.79 Å². The Balaban J connectivity index is 2.09. The first-order valence-corrected chi connectivity index (χ1v) is 6.94. The molecule has 1 rings (SSSR count). The van der Waals surface area contributed by atoms with Crippen LogP contribution in [-0.4, -0.2) is 18.5 Å². The van der Waals surface area contributed by atoms with Crippen molar-refractivity contribution in [1.82, 2.24) is 10.6 Å². The summed E-state index contributed by atoms with van der Waals surface area (Å²) in [5.74, 6) is 0.0658. The van der Waals surface area contributed by atoms with E-state index in [1.165, 1.54) is 5.56 Å². The zero-order valence-electron chi connectivity index (χ0n) is 11.9. The van der Waals surface area contributed by atoms with Crippen molar-refractivity contribution in [3.05, 3.63) is 35.4 Å². The molecule has 3 amide bonds. The highest BCUT2D eigenvalue weighted by Crippen LogP contribution is 2.06. The van der Waals surface area contributed by atoms with E-state index in [2.05, 4.69) is 10.6 Å². The SMILES string of the molecule is Cc1ccccc1CNC(=O)CCCCCNC(N)=O. The molecule has 110 valence electrons. The van der Waals surface area contributed by atoms with Crippen LogP contribution in [0.2, 0.25) is 0 Å². The lowest BCUT2D eigenvalue weighted by molar-refractivity contribution is -0.121. The van der Waals surface area contributed by atoms with E-state index in [9.17, 15) is 9.59 Å². The van der Waals surface area contributed by atoms with E-state index in [0.29, 0.717) is 19.5 Å². The minimum atomic E-state index is -0.499. The maximum atomic E-state index is 11.7. The van der Waals surface area contributed by atoms with E-state index in [0.717, 1.165) is 24.8 Å². The number of benzene rings is 1. The monoisotopic (exact) mass is 277 g/mol. The average molecular weight is 277 g/mol. The summed E-state index contributed by atoms with van der Waals surface area (Å²) >= 11 is 0. The fourth-order valence-electron chi connectivity index (χ4n) is 1.89. The molecule has 1 aromatic rings. The number of carbonyl (C=O) groups is 2. The van der Waals surface area contributed by atoms with Crippen LogP contribution in [0.1, 0.15) is 36.8 Å². The molecule has 4 N–H and O–H groups in total. The van der Waals surface area contributed by atoms with E-state index in [1.807, 2.05) is 31.2 Å². The number of primary amides is 1. The third-order valence-corrected chi connectivity index (χ3v) is 3.12. The third kappa shape index (κ3) is 6.78. The van der Waals surface area contributed by atoms with Crippen molar-refractivity contribution in [3.8, 4) is 0 Å². The topological polar surface area (TPSA) is 84.2 Å². The molecule has 0 aromatic heterocycles. The second kappa shape index (κ2) is 8.96. The van der Waals surface area contributed by atoms with Gasteiger partial charge < -0.3 is 16.4 Å². The lowest BCUT2D eigenvalue weighted by Crippen LogP contribution is -2.30. The Morgan fingerprint density at radius 2 is 1.85 bits per heavy atom. The van der Waals surface area contributed by atoms with Crippen molar-refractivity contribution in [2.24, 2.45) is 5.73 Å². The Morgan fingerprint density at radius 1 is 1.10 bits per heavy atom. The number of amides is 3. The molecule has 0 heterocycles. The summed E-state index contributed by atoms with van der Waals surface area (Å²) in [5.41, 5.74) is 7.28. The minimum Gasteiger partial charge on any atom is -0.352 e. The summed E-state index contributed by atoms with van der Waals surface area (Å²) in [5, 5.41) is 5.45. The van der Waals surface area contributed by atoms with Gasteiger partial charge in [0.1, 0.15) is 0 Å². The minimum absolute atomic E-state index is 0.0658. The standard InChI is InChI=1S/C15H23N3O2/c1-12-7-4-5-8-13(12)11-18-14(19)9-3-2-6-10-17-15(16)20/h4-5,7-8H,2-3,6,9-11H2,1H3,(H,18,19)(H3,16,17,20). The molecule has 5 heteroatoms. The first-order valence-electron chi connectivity index (χ1n) is 6.94. The zero-order chi connectivity index (χ0) is 14.8. The number of carbonyl (C=O) groups excluding carboxylic acids is 2. The summed E-state index contributed by atoms with van der Waals surface area (Å²) < 4.78 is 0. The van der Waals surface area contributed by atoms with Crippen LogP contribution in [0.25, 0.3) is 0 Å². The summed E-state index contributed by atoms with van der Waals surface area (Å²) in [6, 6.07) is 7.51. The average Bonchev–Trinajstić information content (AvgIpc) is 2.41. The molecule has 0 saturated carbocycles. The Morgan fingerprint density at radius 3 is 2.55 bits per heavy atom. The Hall–Kier alpha value is -2.04. The fourth-order valence-corrected chi connectivity index (χ4v) is 1.89. The van der Waals surface area contributed by atoms with Gasteiger partial charge in [-0.15, -0.1) is 0 Å². The van der Waals surface area contributed by atoms with Gasteiger partial charge in [-0.25, -0.2) is 4.79 Å². The second-order valence-electron chi connectivity index (χ2n) is 4.80. The zero-order valence-corrected chi connectivity index (χ0v) is 11.9. The van der Waals surface area contributed by atoms with E-state index >= 15 is 0 Å². The Kier molecular flexibility index (Phi) is 7.17. The normalized spacial score (nSPS) is 10.1. The van der Waals surface area contributed by atoms with Gasteiger partial charge >= 0.3 is 6.03 Å². The van der Waals surface area contributed by atoms with Crippen LogP contribution in [0.3, 0.4) is 0 Å². The van der Waals surface area contributed by atoms with E-state index in [-0.39, 0.29) is 5.91 Å². The molecule has 20 heavy (non-hydrogen) atoms. The van der Waals surface area contributed by atoms with Crippen LogP contribution in [0, 0.1) is 6.92 Å². The molecule has 0 aliphatic rings. The second-order valence-corrected chi connectivity index (χ2v) is 4.80. The molecule has 1 aromatic carbocycles. The predicted octanol–water partition coefficient (Wildman–Crippen LogP) is 1.84. The quantitative estimate of drug-likeness (QED) is 0.633. The Labute approximate surface area is 119 Å². The van der Waals surface area contributed by atoms with E-state index in [1.54, 1.807) is 0 Å². The van der Waals surface area contributed by atoms with E-state index in [4.69, 9.17) is 5.73 Å². The first-order chi connectivity index (χ1) is 9.59. The van der Waals surface area contributed by atoms with Crippen molar-refractivity contribution in [3.63, 3.8) is 0 Å². The molecular formula is C15H23N3O2. The molecule has 0 bridgehead atoms. The molecule has 0 aliphatic carbocycles. The molecular weight excluding hydrogens is 254 g/mol. The number of aryl methyl sites for hydroxylation is 1. The largest absolute Gasteiger partial charge is 0.352 e. The van der Waals surface area contributed by atoms with Crippen molar-refractivity contribution >= 4 is 11.9 Å². The molecule has 0 aliphatic heterocycles. The number of rotatable bonds is 8. The highest BCUT2D eigenvalue weighted by molar-refractivity contribution is 5.75. The van der Waals surface area contributed by atoms with Crippen LogP contribution < -0.4 is 16.4 Å². The number of nitrogens with two attached hydrogens (primary N) is 1. The van der Waals surface area contributed by atoms with Gasteiger partial charge in [-0.2, -0.15) is 0 Å². The molecule has 0 atom stereocenters. The maximum Gasteiger partial charge on any atom is 0.312 e. The first kappa shape index (κ1) is 16.0. The van der Waals surface area contributed by atoms with Crippen LogP contribution in [0.5, 0.6) is 0 Å². The van der Waals surface area contributed by atoms with E-state index < -0.39 is 6.03 Å². The molecule has 0 unspecified atom stereocenters. The van der Waals surface area contributed by atoms with Gasteiger partial charge in [0.2, 0.25) is 5.91 Å². The van der Waals surface area contributed by atoms with Gasteiger partial charge in [-0.05, 0) is 30.9 Å². The number of unbranched alkanes of at least 4 members (excludes halogenated alkanes) is 2. The van der Waals surface area contributed by atoms with Gasteiger partial charge in [-0.1, -0.05) is 30.7 Å². The smallest absolute Gasteiger partial charge is 0.312 e. The van der Waals surface area contributed by atoms with Gasteiger partial charge in [0.25, 0.3) is 0 Å². The summed E-state index contributed by atoms with van der Waals surface area (Å²) in [4.78, 5) is 22.1. The predicted molar refractivity (Wildman–Crippen MR) is 79.1 cm³/mol. The van der Waals surface area contributed by atoms with Crippen molar-refractivity contribution < 1.29 is 9.59 Å². The molecule has 0 saturated heterocycles. The highest BCUT2D eigenvalue weighted by Gasteiger charge is 2.02.